The molecule has 8 heteroatoms. The van der Waals surface area contributed by atoms with Gasteiger partial charge in [-0.2, -0.15) is 0 Å². The van der Waals surface area contributed by atoms with Crippen LogP contribution < -0.4 is 14.5 Å². The van der Waals surface area contributed by atoms with Crippen LogP contribution in [0.2, 0.25) is 0 Å². The van der Waals surface area contributed by atoms with Crippen molar-refractivity contribution in [2.45, 2.75) is 6.92 Å². The van der Waals surface area contributed by atoms with Gasteiger partial charge in [0.25, 0.3) is 0 Å². The number of rotatable bonds is 2. The zero-order valence-corrected chi connectivity index (χ0v) is 17.0. The number of hydrogen-bond donors (Lipinski definition) is 0. The number of thiazole rings is 1. The number of carbonyl (C=O) groups is 1. The lowest BCUT2D eigenvalue weighted by Gasteiger charge is -1.92. The molecule has 2 heterocycles. The van der Waals surface area contributed by atoms with Gasteiger partial charge in [-0.3, -0.25) is 0 Å². The smallest absolute Gasteiger partial charge is 0.302 e. The van der Waals surface area contributed by atoms with Crippen LogP contribution in [0.4, 0.5) is 0 Å². The standard InChI is InChI=1S/C18H18N5S.C2H4O2/c1-21-13-8-4-5-9-14(13)22(2)17(21)12-19-20-18-23(3)15-10-6-7-11-16(15)24-18;1-2(3)4/h4-12H,1-3H3;1H3,(H,3,4)/q+1;/p-1. The fourth-order valence-electron chi connectivity index (χ4n) is 2.98. The Morgan fingerprint density at radius 2 is 1.68 bits per heavy atom. The molecule has 0 unspecified atom stereocenters. The maximum Gasteiger partial charge on any atom is 0.302 e. The molecule has 0 radical (unpaired) electrons. The third-order valence-electron chi connectivity index (χ3n) is 4.32. The summed E-state index contributed by atoms with van der Waals surface area (Å²) in [7, 11) is 6.11. The van der Waals surface area contributed by atoms with Gasteiger partial charge in [0, 0.05) is 13.0 Å². The summed E-state index contributed by atoms with van der Waals surface area (Å²) < 4.78 is 7.53. The van der Waals surface area contributed by atoms with Crippen LogP contribution in [0.25, 0.3) is 21.3 Å². The number of para-hydroxylation sites is 3. The molecule has 0 saturated heterocycles. The maximum atomic E-state index is 8.89. The molecule has 4 aromatic rings. The Hall–Kier alpha value is -3.26. The summed E-state index contributed by atoms with van der Waals surface area (Å²) in [6, 6.07) is 16.6. The van der Waals surface area contributed by atoms with Crippen molar-refractivity contribution in [1.82, 2.24) is 9.13 Å². The van der Waals surface area contributed by atoms with Crippen LogP contribution in [0, 0.1) is 0 Å². The molecule has 0 N–H and O–H groups in total. The molecule has 0 aliphatic rings. The number of aromatic nitrogens is 3. The quantitative estimate of drug-likeness (QED) is 0.291. The zero-order chi connectivity index (χ0) is 20.3. The topological polar surface area (TPSA) is 78.6 Å². The van der Waals surface area contributed by atoms with Crippen molar-refractivity contribution in [3.63, 3.8) is 0 Å². The minimum atomic E-state index is -1.08. The van der Waals surface area contributed by atoms with Crippen molar-refractivity contribution in [1.29, 1.82) is 0 Å². The van der Waals surface area contributed by atoms with E-state index in [1.54, 1.807) is 11.3 Å². The van der Waals surface area contributed by atoms with Crippen LogP contribution >= 0.6 is 11.3 Å². The third-order valence-corrected chi connectivity index (χ3v) is 5.43. The molecule has 0 spiro atoms. The number of carboxylic acids is 1. The van der Waals surface area contributed by atoms with E-state index in [0.717, 1.165) is 17.5 Å². The van der Waals surface area contributed by atoms with Crippen molar-refractivity contribution in [2.24, 2.45) is 31.3 Å². The minimum absolute atomic E-state index is 0.883. The lowest BCUT2D eigenvalue weighted by molar-refractivity contribution is -0.646. The number of hydrogen-bond acceptors (Lipinski definition) is 5. The van der Waals surface area contributed by atoms with E-state index < -0.39 is 5.97 Å². The van der Waals surface area contributed by atoms with Crippen molar-refractivity contribution in [2.75, 3.05) is 0 Å². The van der Waals surface area contributed by atoms with E-state index in [9.17, 15) is 0 Å². The van der Waals surface area contributed by atoms with Gasteiger partial charge in [0.05, 0.1) is 24.3 Å². The van der Waals surface area contributed by atoms with Gasteiger partial charge in [-0.15, -0.1) is 10.2 Å². The first-order valence-electron chi connectivity index (χ1n) is 8.62. The van der Waals surface area contributed by atoms with Crippen molar-refractivity contribution in [3.05, 3.63) is 59.2 Å². The van der Waals surface area contributed by atoms with E-state index in [-0.39, 0.29) is 0 Å². The van der Waals surface area contributed by atoms with Crippen LogP contribution in [-0.4, -0.2) is 21.3 Å². The average Bonchev–Trinajstić information content (AvgIpc) is 3.11. The minimum Gasteiger partial charge on any atom is -0.550 e. The van der Waals surface area contributed by atoms with Crippen LogP contribution in [0.15, 0.2) is 58.7 Å². The molecule has 0 aliphatic carbocycles. The second-order valence-corrected chi connectivity index (χ2v) is 7.22. The molecule has 0 aliphatic heterocycles. The van der Waals surface area contributed by atoms with Gasteiger partial charge in [0.2, 0.25) is 4.80 Å². The number of carboxylic acid groups (broad SMARTS) is 1. The zero-order valence-electron chi connectivity index (χ0n) is 16.2. The summed E-state index contributed by atoms with van der Waals surface area (Å²) in [6.07, 6.45) is 1.81. The normalized spacial score (nSPS) is 11.9. The summed E-state index contributed by atoms with van der Waals surface area (Å²) in [5.41, 5.74) is 3.52. The number of nitrogens with zero attached hydrogens (tertiary/aromatic N) is 5. The summed E-state index contributed by atoms with van der Waals surface area (Å²) >= 11 is 1.64. The Bertz CT molecular complexity index is 1200. The molecule has 0 saturated carbocycles. The summed E-state index contributed by atoms with van der Waals surface area (Å²) in [5, 5.41) is 17.6. The highest BCUT2D eigenvalue weighted by Crippen LogP contribution is 2.15. The highest BCUT2D eigenvalue weighted by molar-refractivity contribution is 7.16. The third kappa shape index (κ3) is 3.86. The number of imidazole rings is 1. The molecule has 28 heavy (non-hydrogen) atoms. The molecule has 2 aromatic carbocycles. The molecule has 0 bridgehead atoms. The van der Waals surface area contributed by atoms with Crippen molar-refractivity contribution >= 4 is 44.8 Å². The van der Waals surface area contributed by atoms with Crippen LogP contribution in [-0.2, 0) is 25.9 Å². The molecule has 7 nitrogen and oxygen atoms in total. The molecular formula is C20H21N5O2S. The highest BCUT2D eigenvalue weighted by atomic mass is 32.1. The lowest BCUT2D eigenvalue weighted by atomic mass is 10.3. The molecule has 0 fully saturated rings. The Labute approximate surface area is 166 Å². The monoisotopic (exact) mass is 395 g/mol. The highest BCUT2D eigenvalue weighted by Gasteiger charge is 2.17. The molecule has 144 valence electrons. The first kappa shape index (κ1) is 19.5. The van der Waals surface area contributed by atoms with E-state index in [0.29, 0.717) is 0 Å². The van der Waals surface area contributed by atoms with Gasteiger partial charge in [0.1, 0.15) is 6.21 Å². The first-order chi connectivity index (χ1) is 13.4. The van der Waals surface area contributed by atoms with E-state index in [4.69, 9.17) is 9.90 Å². The number of aliphatic carboxylic acids is 1. The van der Waals surface area contributed by atoms with E-state index >= 15 is 0 Å². The average molecular weight is 395 g/mol. The lowest BCUT2D eigenvalue weighted by Crippen LogP contribution is -2.32. The van der Waals surface area contributed by atoms with Crippen molar-refractivity contribution < 1.29 is 14.5 Å². The van der Waals surface area contributed by atoms with E-state index in [2.05, 4.69) is 48.2 Å². The first-order valence-corrected chi connectivity index (χ1v) is 9.44. The fraction of sp³-hybridized carbons (Fsp3) is 0.200. The van der Waals surface area contributed by atoms with Gasteiger partial charge >= 0.3 is 5.82 Å². The molecule has 0 amide bonds. The number of fused-ring (bicyclic) bond motifs is 2. The molecular weight excluding hydrogens is 374 g/mol. The molecule has 4 rings (SSSR count). The predicted octanol–water partition coefficient (Wildman–Crippen LogP) is 1.25. The Balaban J connectivity index is 0.000000516. The molecule has 2 aromatic heterocycles. The van der Waals surface area contributed by atoms with Gasteiger partial charge in [-0.1, -0.05) is 35.6 Å². The number of carbonyl (C=O) groups excluding carboxylic acids is 1. The Morgan fingerprint density at radius 1 is 1.07 bits per heavy atom. The number of benzene rings is 2. The molecule has 0 atom stereocenters. The van der Waals surface area contributed by atoms with Gasteiger partial charge in [-0.25, -0.2) is 9.13 Å². The second-order valence-electron chi connectivity index (χ2n) is 6.21. The second kappa shape index (κ2) is 8.18. The Kier molecular flexibility index (Phi) is 5.70. The van der Waals surface area contributed by atoms with Gasteiger partial charge < -0.3 is 14.5 Å². The van der Waals surface area contributed by atoms with Crippen LogP contribution in [0.5, 0.6) is 0 Å². The largest absolute Gasteiger partial charge is 0.550 e. The summed E-state index contributed by atoms with van der Waals surface area (Å²) in [6.45, 7) is 0.972. The van der Waals surface area contributed by atoms with Crippen molar-refractivity contribution in [3.8, 4) is 0 Å². The number of aryl methyl sites for hydroxylation is 3. The van der Waals surface area contributed by atoms with Crippen LogP contribution in [0.1, 0.15) is 12.7 Å². The maximum absolute atomic E-state index is 8.89. The van der Waals surface area contributed by atoms with E-state index in [1.165, 1.54) is 21.3 Å². The SMILES string of the molecule is CC(=O)[O-].Cn1c(/C=N/N=c2\sc3ccccc3n2C)[n+](C)c2ccccc21. The van der Waals surface area contributed by atoms with Crippen LogP contribution in [0.3, 0.4) is 0 Å². The predicted molar refractivity (Wildman–Crippen MR) is 109 cm³/mol. The Morgan fingerprint density at radius 3 is 2.32 bits per heavy atom. The summed E-state index contributed by atoms with van der Waals surface area (Å²) in [5.74, 6) is -0.0799. The fourth-order valence-corrected chi connectivity index (χ4v) is 3.96. The summed E-state index contributed by atoms with van der Waals surface area (Å²) in [4.78, 5) is 9.77. The van der Waals surface area contributed by atoms with Gasteiger partial charge in [0.15, 0.2) is 11.0 Å². The van der Waals surface area contributed by atoms with Gasteiger partial charge in [-0.05, 0) is 31.2 Å². The van der Waals surface area contributed by atoms with E-state index in [1.807, 2.05) is 51.6 Å².